The summed E-state index contributed by atoms with van der Waals surface area (Å²) < 4.78 is 1.24. The van der Waals surface area contributed by atoms with Crippen LogP contribution in [0.2, 0.25) is 0 Å². The van der Waals surface area contributed by atoms with Crippen LogP contribution in [0.15, 0.2) is 28.7 Å². The molecule has 100 valence electrons. The van der Waals surface area contributed by atoms with E-state index < -0.39 is 0 Å². The maximum atomic E-state index is 3.72. The summed E-state index contributed by atoms with van der Waals surface area (Å²) in [7, 11) is 0. The van der Waals surface area contributed by atoms with Crippen molar-refractivity contribution in [3.05, 3.63) is 34.3 Å². The van der Waals surface area contributed by atoms with Crippen LogP contribution >= 0.6 is 15.9 Å². The second-order valence-corrected chi connectivity index (χ2v) is 5.99. The zero-order valence-corrected chi connectivity index (χ0v) is 12.9. The Morgan fingerprint density at radius 1 is 1.28 bits per heavy atom. The second-order valence-electron chi connectivity index (χ2n) is 5.14. The number of rotatable bonds is 4. The molecule has 2 rings (SSSR count). The highest BCUT2D eigenvalue weighted by Gasteiger charge is 2.27. The van der Waals surface area contributed by atoms with Crippen LogP contribution in [-0.2, 0) is 0 Å². The van der Waals surface area contributed by atoms with E-state index in [1.165, 1.54) is 16.5 Å². The van der Waals surface area contributed by atoms with Crippen molar-refractivity contribution < 1.29 is 0 Å². The van der Waals surface area contributed by atoms with Crippen molar-refractivity contribution in [2.24, 2.45) is 5.92 Å². The number of hydrogen-bond acceptors (Lipinski definition) is 2. The van der Waals surface area contributed by atoms with E-state index in [9.17, 15) is 0 Å². The molecule has 1 heterocycles. The maximum absolute atomic E-state index is 3.72. The molecule has 0 radical (unpaired) electrons. The fraction of sp³-hybridized carbons (Fsp3) is 0.600. The summed E-state index contributed by atoms with van der Waals surface area (Å²) in [5.41, 5.74) is 1.44. The monoisotopic (exact) mass is 310 g/mol. The van der Waals surface area contributed by atoms with Crippen molar-refractivity contribution in [3.8, 4) is 0 Å². The lowest BCUT2D eigenvalue weighted by Gasteiger charge is -2.38. The Kier molecular flexibility index (Phi) is 5.22. The Morgan fingerprint density at radius 3 is 2.56 bits per heavy atom. The summed E-state index contributed by atoms with van der Waals surface area (Å²) in [4.78, 5) is 2.63. The molecule has 1 saturated heterocycles. The molecule has 3 heteroatoms. The van der Waals surface area contributed by atoms with Gasteiger partial charge in [0, 0.05) is 36.7 Å². The number of halogens is 1. The van der Waals surface area contributed by atoms with Gasteiger partial charge in [-0.3, -0.25) is 4.90 Å². The van der Waals surface area contributed by atoms with E-state index in [4.69, 9.17) is 0 Å². The highest BCUT2D eigenvalue weighted by molar-refractivity contribution is 9.10. The van der Waals surface area contributed by atoms with E-state index in [0.717, 1.165) is 26.2 Å². The van der Waals surface area contributed by atoms with Crippen molar-refractivity contribution in [3.63, 3.8) is 0 Å². The molecule has 1 aliphatic rings. The largest absolute Gasteiger partial charge is 0.314 e. The Labute approximate surface area is 119 Å². The third kappa shape index (κ3) is 3.14. The molecule has 1 fully saturated rings. The van der Waals surface area contributed by atoms with E-state index >= 15 is 0 Å². The van der Waals surface area contributed by atoms with Crippen molar-refractivity contribution >= 4 is 15.9 Å². The number of hydrogen-bond donors (Lipinski definition) is 1. The van der Waals surface area contributed by atoms with Crippen LogP contribution in [0, 0.1) is 5.92 Å². The van der Waals surface area contributed by atoms with E-state index in [0.29, 0.717) is 12.0 Å². The van der Waals surface area contributed by atoms with Crippen LogP contribution < -0.4 is 5.32 Å². The highest BCUT2D eigenvalue weighted by atomic mass is 79.9. The first-order valence-corrected chi connectivity index (χ1v) is 7.72. The van der Waals surface area contributed by atoms with Crippen LogP contribution in [-0.4, -0.2) is 31.1 Å². The summed E-state index contributed by atoms with van der Waals surface area (Å²) in [6, 6.07) is 9.21. The molecule has 2 nitrogen and oxygen atoms in total. The van der Waals surface area contributed by atoms with Crippen LogP contribution in [0.5, 0.6) is 0 Å². The van der Waals surface area contributed by atoms with Crippen LogP contribution in [0.4, 0.5) is 0 Å². The van der Waals surface area contributed by atoms with Gasteiger partial charge in [-0.05, 0) is 17.5 Å². The highest BCUT2D eigenvalue weighted by Crippen LogP contribution is 2.35. The zero-order valence-electron chi connectivity index (χ0n) is 11.3. The molecule has 0 aromatic heterocycles. The molecular formula is C15H23BrN2. The van der Waals surface area contributed by atoms with Crippen molar-refractivity contribution in [1.82, 2.24) is 10.2 Å². The minimum Gasteiger partial charge on any atom is -0.314 e. The molecule has 1 unspecified atom stereocenters. The molecule has 0 spiro atoms. The van der Waals surface area contributed by atoms with E-state index in [1.54, 1.807) is 0 Å². The molecule has 1 aromatic rings. The molecular weight excluding hydrogens is 288 g/mol. The zero-order chi connectivity index (χ0) is 13.0. The average Bonchev–Trinajstić information content (AvgIpc) is 2.42. The standard InChI is InChI=1S/C15H23BrN2/c1-3-12(2)15(18-10-8-17-9-11-18)13-6-4-5-7-14(13)16/h4-7,12,15,17H,3,8-11H2,1-2H3/t12?,15-/m1/s1. The molecule has 0 amide bonds. The molecule has 0 saturated carbocycles. The fourth-order valence-electron chi connectivity index (χ4n) is 2.76. The van der Waals surface area contributed by atoms with Gasteiger partial charge in [0.05, 0.1) is 0 Å². The number of nitrogens with one attached hydrogen (secondary N) is 1. The minimum absolute atomic E-state index is 0.535. The molecule has 0 aliphatic carbocycles. The van der Waals surface area contributed by atoms with Crippen LogP contribution in [0.1, 0.15) is 31.9 Å². The second kappa shape index (κ2) is 6.69. The minimum atomic E-state index is 0.535. The average molecular weight is 311 g/mol. The first kappa shape index (κ1) is 14.0. The molecule has 1 aliphatic heterocycles. The Balaban J connectivity index is 2.27. The smallest absolute Gasteiger partial charge is 0.0385 e. The Hall–Kier alpha value is -0.380. The van der Waals surface area contributed by atoms with E-state index in [1.807, 2.05) is 0 Å². The lowest BCUT2D eigenvalue weighted by atomic mass is 9.90. The van der Waals surface area contributed by atoms with Crippen molar-refractivity contribution in [1.29, 1.82) is 0 Å². The first-order chi connectivity index (χ1) is 8.74. The summed E-state index contributed by atoms with van der Waals surface area (Å²) >= 11 is 3.72. The molecule has 1 aromatic carbocycles. The topological polar surface area (TPSA) is 15.3 Å². The van der Waals surface area contributed by atoms with Crippen molar-refractivity contribution in [2.45, 2.75) is 26.3 Å². The molecule has 2 atom stereocenters. The van der Waals surface area contributed by atoms with Gasteiger partial charge in [-0.15, -0.1) is 0 Å². The summed E-state index contributed by atoms with van der Waals surface area (Å²) in [6.45, 7) is 9.17. The lowest BCUT2D eigenvalue weighted by Crippen LogP contribution is -2.46. The van der Waals surface area contributed by atoms with Gasteiger partial charge >= 0.3 is 0 Å². The third-order valence-electron chi connectivity index (χ3n) is 3.95. The third-order valence-corrected chi connectivity index (χ3v) is 4.67. The predicted octanol–water partition coefficient (Wildman–Crippen LogP) is 3.44. The Morgan fingerprint density at radius 2 is 1.94 bits per heavy atom. The Bertz CT molecular complexity index is 375. The summed E-state index contributed by atoms with van der Waals surface area (Å²) in [5.74, 6) is 0.682. The first-order valence-electron chi connectivity index (χ1n) is 6.93. The van der Waals surface area contributed by atoms with Gasteiger partial charge in [0.2, 0.25) is 0 Å². The maximum Gasteiger partial charge on any atom is 0.0385 e. The summed E-state index contributed by atoms with van der Waals surface area (Å²) in [6.07, 6.45) is 1.22. The van der Waals surface area contributed by atoms with E-state index in [2.05, 4.69) is 64.3 Å². The van der Waals surface area contributed by atoms with Gasteiger partial charge in [0.1, 0.15) is 0 Å². The summed E-state index contributed by atoms with van der Waals surface area (Å²) in [5, 5.41) is 3.44. The normalized spacial score (nSPS) is 20.6. The molecule has 0 bridgehead atoms. The van der Waals surface area contributed by atoms with E-state index in [-0.39, 0.29) is 0 Å². The van der Waals surface area contributed by atoms with Gasteiger partial charge in [-0.1, -0.05) is 54.4 Å². The molecule has 1 N–H and O–H groups in total. The lowest BCUT2D eigenvalue weighted by molar-refractivity contribution is 0.128. The quantitative estimate of drug-likeness (QED) is 0.916. The number of benzene rings is 1. The molecule has 18 heavy (non-hydrogen) atoms. The number of nitrogens with zero attached hydrogens (tertiary/aromatic N) is 1. The SMILES string of the molecule is CCC(C)[C@H](c1ccccc1Br)N1CCNCC1. The van der Waals surface area contributed by atoms with Crippen LogP contribution in [0.25, 0.3) is 0 Å². The number of piperazine rings is 1. The van der Waals surface area contributed by atoms with Crippen molar-refractivity contribution in [2.75, 3.05) is 26.2 Å². The predicted molar refractivity (Wildman–Crippen MR) is 80.8 cm³/mol. The van der Waals surface area contributed by atoms with Gasteiger partial charge in [-0.2, -0.15) is 0 Å². The van der Waals surface area contributed by atoms with Gasteiger partial charge in [0.25, 0.3) is 0 Å². The van der Waals surface area contributed by atoms with Gasteiger partial charge < -0.3 is 5.32 Å². The van der Waals surface area contributed by atoms with Crippen LogP contribution in [0.3, 0.4) is 0 Å². The van der Waals surface area contributed by atoms with Gasteiger partial charge in [0.15, 0.2) is 0 Å². The fourth-order valence-corrected chi connectivity index (χ4v) is 3.28. The van der Waals surface area contributed by atoms with Gasteiger partial charge in [-0.25, -0.2) is 0 Å².